The third-order valence-electron chi connectivity index (χ3n) is 7.50. The highest BCUT2D eigenvalue weighted by molar-refractivity contribution is 7.92. The third kappa shape index (κ3) is 4.83. The van der Waals surface area contributed by atoms with Crippen LogP contribution in [0.15, 0.2) is 47.4 Å². The number of hydrogen-bond donors (Lipinski definition) is 2. The maximum Gasteiger partial charge on any atom is 0.258 e. The molecule has 2 aromatic rings. The van der Waals surface area contributed by atoms with Gasteiger partial charge in [-0.25, -0.2) is 21.6 Å². The second kappa shape index (κ2) is 8.90. The van der Waals surface area contributed by atoms with Crippen LogP contribution in [0.3, 0.4) is 0 Å². The van der Waals surface area contributed by atoms with E-state index in [0.717, 1.165) is 68.9 Å². The number of anilines is 2. The van der Waals surface area contributed by atoms with Crippen molar-refractivity contribution in [2.75, 3.05) is 22.4 Å². The number of hydrogen-bond acceptors (Lipinski definition) is 5. The topological polar surface area (TPSA) is 113 Å². The molecule has 2 N–H and O–H groups in total. The fourth-order valence-corrected chi connectivity index (χ4v) is 7.46. The Morgan fingerprint density at radius 3 is 2.37 bits per heavy atom. The maximum atomic E-state index is 13.7. The van der Waals surface area contributed by atoms with Crippen LogP contribution in [0.5, 0.6) is 0 Å². The van der Waals surface area contributed by atoms with Gasteiger partial charge in [-0.3, -0.25) is 9.52 Å². The number of carbonyl (C=O) groups is 1. The molecule has 1 spiro atoms. The standard InChI is InChI=1S/C25H31N3O5S2/c1-34(30,31)26-20-11-12-23-22(16-20)25(13-3-2-4-14-25)17-28(23)24(29)18-7-5-10-21(15-18)35(32,33)27-19-8-6-9-19/h5,7,10-12,15-16,19,26-27H,2-4,6,8-9,13-14,17H2,1H3. The summed E-state index contributed by atoms with van der Waals surface area (Å²) in [5.41, 5.74) is 2.32. The summed E-state index contributed by atoms with van der Waals surface area (Å²) in [4.78, 5) is 15.5. The minimum Gasteiger partial charge on any atom is -0.307 e. The Morgan fingerprint density at radius 1 is 0.971 bits per heavy atom. The number of amides is 1. The van der Waals surface area contributed by atoms with Crippen LogP contribution in [0.4, 0.5) is 11.4 Å². The predicted octanol–water partition coefficient (Wildman–Crippen LogP) is 3.75. The van der Waals surface area contributed by atoms with Crippen LogP contribution in [0.25, 0.3) is 0 Å². The summed E-state index contributed by atoms with van der Waals surface area (Å²) in [6, 6.07) is 11.5. The van der Waals surface area contributed by atoms with Gasteiger partial charge in [-0.1, -0.05) is 31.7 Å². The molecule has 2 aromatic carbocycles. The van der Waals surface area contributed by atoms with Gasteiger partial charge in [0.05, 0.1) is 11.2 Å². The molecule has 0 saturated heterocycles. The fourth-order valence-electron chi connectivity index (χ4n) is 5.55. The van der Waals surface area contributed by atoms with E-state index in [4.69, 9.17) is 0 Å². The molecule has 1 amide bonds. The number of nitrogens with one attached hydrogen (secondary N) is 2. The van der Waals surface area contributed by atoms with Crippen LogP contribution in [0.2, 0.25) is 0 Å². The Bertz CT molecular complexity index is 1360. The highest BCUT2D eigenvalue weighted by atomic mass is 32.2. The van der Waals surface area contributed by atoms with Gasteiger partial charge in [-0.05, 0) is 67.6 Å². The molecule has 0 bridgehead atoms. The number of rotatable bonds is 6. The first-order valence-corrected chi connectivity index (χ1v) is 15.5. The van der Waals surface area contributed by atoms with Gasteiger partial charge in [0, 0.05) is 34.9 Å². The van der Waals surface area contributed by atoms with Gasteiger partial charge in [0.25, 0.3) is 5.91 Å². The van der Waals surface area contributed by atoms with Crippen LogP contribution in [0, 0.1) is 0 Å². The number of carbonyl (C=O) groups excluding carboxylic acids is 1. The molecule has 0 radical (unpaired) electrons. The summed E-state index contributed by atoms with van der Waals surface area (Å²) in [5, 5.41) is 0. The third-order valence-corrected chi connectivity index (χ3v) is 9.62. The zero-order valence-corrected chi connectivity index (χ0v) is 21.4. The van der Waals surface area contributed by atoms with Crippen molar-refractivity contribution in [3.05, 3.63) is 53.6 Å². The molecule has 10 heteroatoms. The van der Waals surface area contributed by atoms with E-state index in [1.54, 1.807) is 29.2 Å². The molecular formula is C25H31N3O5S2. The smallest absolute Gasteiger partial charge is 0.258 e. The normalized spacial score (nSPS) is 19.9. The monoisotopic (exact) mass is 517 g/mol. The Balaban J connectivity index is 1.48. The Labute approximate surface area is 207 Å². The van der Waals surface area contributed by atoms with Gasteiger partial charge in [-0.2, -0.15) is 0 Å². The molecule has 8 nitrogen and oxygen atoms in total. The molecule has 1 aliphatic heterocycles. The Hall–Kier alpha value is -2.43. The number of benzene rings is 2. The average molecular weight is 518 g/mol. The largest absolute Gasteiger partial charge is 0.307 e. The lowest BCUT2D eigenvalue weighted by molar-refractivity contribution is 0.0982. The van der Waals surface area contributed by atoms with Crippen LogP contribution in [0.1, 0.15) is 67.3 Å². The van der Waals surface area contributed by atoms with Gasteiger partial charge >= 0.3 is 0 Å². The lowest BCUT2D eigenvalue weighted by atomic mass is 9.70. The van der Waals surface area contributed by atoms with Gasteiger partial charge in [0.1, 0.15) is 0 Å². The van der Waals surface area contributed by atoms with E-state index in [0.29, 0.717) is 17.8 Å². The minimum atomic E-state index is -3.70. The number of fused-ring (bicyclic) bond motifs is 2. The van der Waals surface area contributed by atoms with Crippen molar-refractivity contribution in [3.63, 3.8) is 0 Å². The van der Waals surface area contributed by atoms with Gasteiger partial charge in [-0.15, -0.1) is 0 Å². The number of nitrogens with zero attached hydrogens (tertiary/aromatic N) is 1. The van der Waals surface area contributed by atoms with Crippen molar-refractivity contribution in [3.8, 4) is 0 Å². The van der Waals surface area contributed by atoms with Crippen molar-refractivity contribution < 1.29 is 21.6 Å². The fraction of sp³-hybridized carbons (Fsp3) is 0.480. The molecule has 0 aromatic heterocycles. The molecule has 2 aliphatic carbocycles. The zero-order chi connectivity index (χ0) is 24.8. The second-order valence-electron chi connectivity index (χ2n) is 10.1. The van der Waals surface area contributed by atoms with Gasteiger partial charge in [0.2, 0.25) is 20.0 Å². The molecule has 35 heavy (non-hydrogen) atoms. The van der Waals surface area contributed by atoms with Crippen molar-refractivity contribution >= 4 is 37.3 Å². The lowest BCUT2D eigenvalue weighted by Gasteiger charge is -2.34. The van der Waals surface area contributed by atoms with Crippen LogP contribution >= 0.6 is 0 Å². The van der Waals surface area contributed by atoms with Crippen LogP contribution in [-0.2, 0) is 25.5 Å². The first-order valence-electron chi connectivity index (χ1n) is 12.1. The molecule has 5 rings (SSSR count). The first-order chi connectivity index (χ1) is 16.6. The summed E-state index contributed by atoms with van der Waals surface area (Å²) >= 11 is 0. The van der Waals surface area contributed by atoms with E-state index in [1.807, 2.05) is 6.07 Å². The van der Waals surface area contributed by atoms with E-state index in [1.165, 1.54) is 12.1 Å². The van der Waals surface area contributed by atoms with Crippen LogP contribution in [-0.4, -0.2) is 41.6 Å². The average Bonchev–Trinajstić information content (AvgIpc) is 3.08. The summed E-state index contributed by atoms with van der Waals surface area (Å²) in [6.45, 7) is 0.501. The Kier molecular flexibility index (Phi) is 6.17. The minimum absolute atomic E-state index is 0.0364. The van der Waals surface area contributed by atoms with Gasteiger partial charge in [0.15, 0.2) is 0 Å². The van der Waals surface area contributed by atoms with Crippen molar-refractivity contribution in [2.24, 2.45) is 0 Å². The van der Waals surface area contributed by atoms with E-state index in [9.17, 15) is 21.6 Å². The Morgan fingerprint density at radius 2 is 1.71 bits per heavy atom. The van der Waals surface area contributed by atoms with E-state index >= 15 is 0 Å². The lowest BCUT2D eigenvalue weighted by Crippen LogP contribution is -2.39. The molecular weight excluding hydrogens is 486 g/mol. The predicted molar refractivity (Wildman–Crippen MR) is 136 cm³/mol. The molecule has 2 saturated carbocycles. The quantitative estimate of drug-likeness (QED) is 0.606. The number of sulfonamides is 2. The summed E-state index contributed by atoms with van der Waals surface area (Å²) in [7, 11) is -7.12. The van der Waals surface area contributed by atoms with Gasteiger partial charge < -0.3 is 4.90 Å². The molecule has 188 valence electrons. The zero-order valence-electron chi connectivity index (χ0n) is 19.8. The van der Waals surface area contributed by atoms with Crippen molar-refractivity contribution in [1.29, 1.82) is 0 Å². The van der Waals surface area contributed by atoms with E-state index in [2.05, 4.69) is 9.44 Å². The molecule has 2 fully saturated rings. The highest BCUT2D eigenvalue weighted by Gasteiger charge is 2.45. The SMILES string of the molecule is CS(=O)(=O)Nc1ccc2c(c1)C1(CCCCC1)CN2C(=O)c1cccc(S(=O)(=O)NC2CCC2)c1. The van der Waals surface area contributed by atoms with Crippen molar-refractivity contribution in [1.82, 2.24) is 4.72 Å². The molecule has 1 heterocycles. The first kappa shape index (κ1) is 24.3. The molecule has 0 unspecified atom stereocenters. The summed E-state index contributed by atoms with van der Waals surface area (Å²) < 4.78 is 54.5. The maximum absolute atomic E-state index is 13.7. The highest BCUT2D eigenvalue weighted by Crippen LogP contribution is 2.50. The van der Waals surface area contributed by atoms with Crippen molar-refractivity contribution in [2.45, 2.75) is 67.7 Å². The molecule has 3 aliphatic rings. The second-order valence-corrected chi connectivity index (χ2v) is 13.6. The summed E-state index contributed by atoms with van der Waals surface area (Å²) in [5.74, 6) is -0.252. The summed E-state index contributed by atoms with van der Waals surface area (Å²) in [6.07, 6.45) is 8.88. The van der Waals surface area contributed by atoms with Crippen LogP contribution < -0.4 is 14.3 Å². The van der Waals surface area contributed by atoms with E-state index in [-0.39, 0.29) is 22.3 Å². The van der Waals surface area contributed by atoms with E-state index < -0.39 is 20.0 Å². The molecule has 0 atom stereocenters.